The molecule has 0 bridgehead atoms. The molecule has 18 heavy (non-hydrogen) atoms. The van der Waals surface area contributed by atoms with Crippen LogP contribution in [-0.4, -0.2) is 21.2 Å². The quantitative estimate of drug-likeness (QED) is 0.743. The summed E-state index contributed by atoms with van der Waals surface area (Å²) in [5.74, 6) is -0.842. The third kappa shape index (κ3) is 1.56. The zero-order valence-corrected chi connectivity index (χ0v) is 9.73. The molecule has 0 radical (unpaired) electrons. The lowest BCUT2D eigenvalue weighted by Gasteiger charge is -1.96. The second kappa shape index (κ2) is 3.89. The summed E-state index contributed by atoms with van der Waals surface area (Å²) in [5.41, 5.74) is 1.49. The van der Waals surface area contributed by atoms with Gasteiger partial charge in [-0.25, -0.2) is 4.79 Å². The Kier molecular flexibility index (Phi) is 2.34. The lowest BCUT2D eigenvalue weighted by atomic mass is 10.1. The number of hydrogen-bond donors (Lipinski definition) is 2. The predicted octanol–water partition coefficient (Wildman–Crippen LogP) is 3.17. The molecule has 0 spiro atoms. The van der Waals surface area contributed by atoms with Gasteiger partial charge >= 0.3 is 5.97 Å². The van der Waals surface area contributed by atoms with Crippen LogP contribution in [0, 0.1) is 0 Å². The van der Waals surface area contributed by atoms with Crippen molar-refractivity contribution in [2.45, 2.75) is 0 Å². The van der Waals surface area contributed by atoms with Gasteiger partial charge in [0.05, 0.1) is 6.20 Å². The summed E-state index contributed by atoms with van der Waals surface area (Å²) in [5, 5.41) is 14.0. The molecule has 0 atom stereocenters. The van der Waals surface area contributed by atoms with Gasteiger partial charge in [-0.05, 0) is 12.1 Å². The van der Waals surface area contributed by atoms with Gasteiger partial charge in [-0.15, -0.1) is 0 Å². The normalized spacial score (nSPS) is 10.9. The average Bonchev–Trinajstić information content (AvgIpc) is 2.92. The fourth-order valence-corrected chi connectivity index (χ4v) is 2.04. The van der Waals surface area contributed by atoms with Gasteiger partial charge in [0, 0.05) is 27.7 Å². The Balaban J connectivity index is 2.26. The van der Waals surface area contributed by atoms with Crippen molar-refractivity contribution in [1.29, 1.82) is 0 Å². The summed E-state index contributed by atoms with van der Waals surface area (Å²) in [6.45, 7) is 0. The molecule has 2 aromatic heterocycles. The zero-order valence-electron chi connectivity index (χ0n) is 8.98. The van der Waals surface area contributed by atoms with Crippen LogP contribution in [0.3, 0.4) is 0 Å². The predicted molar refractivity (Wildman–Crippen MR) is 65.8 cm³/mol. The van der Waals surface area contributed by atoms with Crippen molar-refractivity contribution in [2.24, 2.45) is 0 Å². The van der Waals surface area contributed by atoms with E-state index in [-0.39, 0.29) is 11.3 Å². The third-order valence-corrected chi connectivity index (χ3v) is 2.92. The lowest BCUT2D eigenvalue weighted by molar-refractivity contribution is 0.0697. The van der Waals surface area contributed by atoms with Crippen LogP contribution < -0.4 is 0 Å². The molecule has 3 rings (SSSR count). The molecule has 2 heterocycles. The van der Waals surface area contributed by atoms with Crippen molar-refractivity contribution < 1.29 is 14.4 Å². The van der Waals surface area contributed by atoms with Crippen LogP contribution in [0.1, 0.15) is 10.4 Å². The van der Waals surface area contributed by atoms with E-state index in [4.69, 9.17) is 21.2 Å². The molecule has 0 amide bonds. The number of nitrogens with one attached hydrogen (secondary N) is 1. The highest BCUT2D eigenvalue weighted by atomic mass is 35.5. The number of nitrogens with zero attached hydrogens (tertiary/aromatic N) is 1. The molecule has 0 aliphatic heterocycles. The number of aromatic carboxylic acids is 1. The van der Waals surface area contributed by atoms with Crippen LogP contribution in [0.2, 0.25) is 5.02 Å². The second-order valence-electron chi connectivity index (χ2n) is 3.77. The highest BCUT2D eigenvalue weighted by molar-refractivity contribution is 6.31. The number of carbonyl (C=O) groups is 1. The number of benzene rings is 1. The Morgan fingerprint density at radius 2 is 2.28 bits per heavy atom. The van der Waals surface area contributed by atoms with Crippen LogP contribution in [0.4, 0.5) is 0 Å². The number of fused-ring (bicyclic) bond motifs is 1. The standard InChI is InChI=1S/C12H7ClN2O3/c13-6-1-2-7-8(4-14-10(7)3-6)11-9(12(16)17)5-15-18-11/h1-5,14H,(H,16,17). The zero-order chi connectivity index (χ0) is 12.7. The SMILES string of the molecule is O=C(O)c1cnoc1-c1c[nH]c2cc(Cl)ccc12. The molecule has 0 fully saturated rings. The fraction of sp³-hybridized carbons (Fsp3) is 0. The Bertz CT molecular complexity index is 745. The van der Waals surface area contributed by atoms with Crippen LogP contribution in [0.25, 0.3) is 22.2 Å². The Morgan fingerprint density at radius 3 is 3.06 bits per heavy atom. The molecular formula is C12H7ClN2O3. The van der Waals surface area contributed by atoms with E-state index in [0.29, 0.717) is 10.6 Å². The second-order valence-corrected chi connectivity index (χ2v) is 4.20. The summed E-state index contributed by atoms with van der Waals surface area (Å²) >= 11 is 5.88. The molecule has 0 saturated heterocycles. The first-order chi connectivity index (χ1) is 8.66. The maximum Gasteiger partial charge on any atom is 0.341 e. The number of carboxylic acids is 1. The number of aromatic nitrogens is 2. The van der Waals surface area contributed by atoms with E-state index in [2.05, 4.69) is 10.1 Å². The highest BCUT2D eigenvalue weighted by Crippen LogP contribution is 2.32. The summed E-state index contributed by atoms with van der Waals surface area (Å²) in [6.07, 6.45) is 2.86. The van der Waals surface area contributed by atoms with Gasteiger partial charge in [-0.3, -0.25) is 0 Å². The van der Waals surface area contributed by atoms with Gasteiger partial charge in [0.25, 0.3) is 0 Å². The topological polar surface area (TPSA) is 79.1 Å². The van der Waals surface area contributed by atoms with Gasteiger partial charge in [0.2, 0.25) is 0 Å². The highest BCUT2D eigenvalue weighted by Gasteiger charge is 2.19. The molecule has 5 nitrogen and oxygen atoms in total. The maximum absolute atomic E-state index is 11.0. The monoisotopic (exact) mass is 262 g/mol. The van der Waals surface area contributed by atoms with E-state index >= 15 is 0 Å². The molecule has 6 heteroatoms. The summed E-state index contributed by atoms with van der Waals surface area (Å²) in [4.78, 5) is 14.1. The van der Waals surface area contributed by atoms with Crippen molar-refractivity contribution in [2.75, 3.05) is 0 Å². The minimum Gasteiger partial charge on any atom is -0.477 e. The number of aromatic amines is 1. The van der Waals surface area contributed by atoms with E-state index in [1.165, 1.54) is 6.20 Å². The number of H-pyrrole nitrogens is 1. The largest absolute Gasteiger partial charge is 0.477 e. The van der Waals surface area contributed by atoms with Crippen molar-refractivity contribution in [1.82, 2.24) is 10.1 Å². The third-order valence-electron chi connectivity index (χ3n) is 2.69. The first-order valence-electron chi connectivity index (χ1n) is 5.12. The van der Waals surface area contributed by atoms with Crippen LogP contribution >= 0.6 is 11.6 Å². The average molecular weight is 263 g/mol. The molecule has 3 aromatic rings. The lowest BCUT2D eigenvalue weighted by Crippen LogP contribution is -1.95. The molecule has 0 aliphatic carbocycles. The maximum atomic E-state index is 11.0. The van der Waals surface area contributed by atoms with Crippen molar-refractivity contribution in [3.05, 3.63) is 41.2 Å². The van der Waals surface area contributed by atoms with E-state index < -0.39 is 5.97 Å². The molecule has 90 valence electrons. The van der Waals surface area contributed by atoms with Gasteiger partial charge in [-0.1, -0.05) is 22.8 Å². The fourth-order valence-electron chi connectivity index (χ4n) is 1.87. The van der Waals surface area contributed by atoms with Crippen molar-refractivity contribution in [3.63, 3.8) is 0 Å². The number of halogens is 1. The Hall–Kier alpha value is -2.27. The van der Waals surface area contributed by atoms with E-state index in [1.54, 1.807) is 24.4 Å². The summed E-state index contributed by atoms with van der Waals surface area (Å²) in [7, 11) is 0. The van der Waals surface area contributed by atoms with Crippen LogP contribution in [0.15, 0.2) is 35.1 Å². The van der Waals surface area contributed by atoms with E-state index in [0.717, 1.165) is 10.9 Å². The molecule has 0 aliphatic rings. The molecule has 0 unspecified atom stereocenters. The number of rotatable bonds is 2. The van der Waals surface area contributed by atoms with Crippen LogP contribution in [-0.2, 0) is 0 Å². The summed E-state index contributed by atoms with van der Waals surface area (Å²) < 4.78 is 5.02. The first kappa shape index (κ1) is 10.9. The first-order valence-corrected chi connectivity index (χ1v) is 5.49. The van der Waals surface area contributed by atoms with Gasteiger partial charge < -0.3 is 14.6 Å². The van der Waals surface area contributed by atoms with Gasteiger partial charge in [0.1, 0.15) is 5.56 Å². The Morgan fingerprint density at radius 1 is 1.44 bits per heavy atom. The Labute approximate surface area is 106 Å². The number of hydrogen-bond acceptors (Lipinski definition) is 3. The number of carboxylic acid groups (broad SMARTS) is 1. The smallest absolute Gasteiger partial charge is 0.341 e. The van der Waals surface area contributed by atoms with E-state index in [9.17, 15) is 4.79 Å². The van der Waals surface area contributed by atoms with Gasteiger partial charge in [0.15, 0.2) is 5.76 Å². The van der Waals surface area contributed by atoms with Crippen molar-refractivity contribution in [3.8, 4) is 11.3 Å². The van der Waals surface area contributed by atoms with Crippen LogP contribution in [0.5, 0.6) is 0 Å². The minimum atomic E-state index is -1.07. The van der Waals surface area contributed by atoms with Crippen molar-refractivity contribution >= 4 is 28.5 Å². The minimum absolute atomic E-state index is 0.0332. The molecular weight excluding hydrogens is 256 g/mol. The molecule has 1 aromatic carbocycles. The summed E-state index contributed by atoms with van der Waals surface area (Å²) in [6, 6.07) is 5.30. The van der Waals surface area contributed by atoms with Gasteiger partial charge in [-0.2, -0.15) is 0 Å². The molecule has 2 N–H and O–H groups in total. The van der Waals surface area contributed by atoms with E-state index in [1.807, 2.05) is 0 Å². The molecule has 0 saturated carbocycles.